The highest BCUT2D eigenvalue weighted by Crippen LogP contribution is 2.40. The third-order valence-electron chi connectivity index (χ3n) is 6.12. The monoisotopic (exact) mass is 454 g/mol. The van der Waals surface area contributed by atoms with Crippen molar-refractivity contribution in [1.82, 2.24) is 24.4 Å². The van der Waals surface area contributed by atoms with Gasteiger partial charge in [-0.1, -0.05) is 11.6 Å². The van der Waals surface area contributed by atoms with Gasteiger partial charge in [-0.25, -0.2) is 14.8 Å². The number of H-pyrrole nitrogens is 1. The van der Waals surface area contributed by atoms with Crippen LogP contribution in [0.2, 0.25) is 5.02 Å². The zero-order valence-corrected chi connectivity index (χ0v) is 18.4. The molecule has 0 atom stereocenters. The Hall–Kier alpha value is -3.20. The van der Waals surface area contributed by atoms with Crippen LogP contribution in [0.15, 0.2) is 34.0 Å². The minimum absolute atomic E-state index is 0.177. The first-order valence-corrected chi connectivity index (χ1v) is 11.2. The Kier molecular flexibility index (Phi) is 5.21. The lowest BCUT2D eigenvalue weighted by atomic mass is 10.1. The van der Waals surface area contributed by atoms with Gasteiger partial charge < -0.3 is 9.80 Å². The van der Waals surface area contributed by atoms with E-state index in [9.17, 15) is 14.4 Å². The predicted molar refractivity (Wildman–Crippen MR) is 122 cm³/mol. The highest BCUT2D eigenvalue weighted by molar-refractivity contribution is 6.32. The predicted octanol–water partition coefficient (Wildman–Crippen LogP) is 1.99. The molecule has 9 nitrogen and oxygen atoms in total. The van der Waals surface area contributed by atoms with Crippen LogP contribution in [0.5, 0.6) is 0 Å². The molecule has 5 rings (SSSR count). The first-order valence-electron chi connectivity index (χ1n) is 10.8. The largest absolute Gasteiger partial charge is 0.352 e. The van der Waals surface area contributed by atoms with Gasteiger partial charge in [-0.05, 0) is 38.0 Å². The number of aryl methyl sites for hydroxylation is 1. The van der Waals surface area contributed by atoms with Gasteiger partial charge in [0, 0.05) is 50.5 Å². The second-order valence-electron chi connectivity index (χ2n) is 8.16. The fraction of sp³-hybridized carbons (Fsp3) is 0.409. The molecule has 10 heteroatoms. The average Bonchev–Trinajstić information content (AvgIpc) is 3.64. The molecular formula is C22H23ClN6O3. The summed E-state index contributed by atoms with van der Waals surface area (Å²) in [5, 5.41) is 0.751. The van der Waals surface area contributed by atoms with Crippen LogP contribution in [0.25, 0.3) is 11.0 Å². The van der Waals surface area contributed by atoms with Crippen LogP contribution in [-0.2, 0) is 6.54 Å². The van der Waals surface area contributed by atoms with Gasteiger partial charge in [0.2, 0.25) is 0 Å². The molecular weight excluding hydrogens is 432 g/mol. The number of pyridine rings is 2. The number of nitrogens with one attached hydrogen (secondary N) is 1. The van der Waals surface area contributed by atoms with Crippen LogP contribution in [-0.4, -0.2) is 56.5 Å². The van der Waals surface area contributed by atoms with Gasteiger partial charge in [0.15, 0.2) is 5.65 Å². The molecule has 3 aromatic rings. The summed E-state index contributed by atoms with van der Waals surface area (Å²) in [6, 6.07) is 5.32. The molecule has 0 unspecified atom stereocenters. The van der Waals surface area contributed by atoms with Crippen molar-refractivity contribution >= 4 is 34.4 Å². The van der Waals surface area contributed by atoms with Crippen molar-refractivity contribution in [3.63, 3.8) is 0 Å². The molecule has 4 heterocycles. The molecule has 2 aliphatic rings. The lowest BCUT2D eigenvalue weighted by Crippen LogP contribution is -2.49. The number of fused-ring (bicyclic) bond motifs is 1. The number of aromatic nitrogens is 4. The van der Waals surface area contributed by atoms with E-state index in [4.69, 9.17) is 11.6 Å². The van der Waals surface area contributed by atoms with E-state index < -0.39 is 11.2 Å². The number of rotatable bonds is 4. The summed E-state index contributed by atoms with van der Waals surface area (Å²) < 4.78 is 1.42. The Balaban J connectivity index is 1.51. The molecule has 1 aliphatic carbocycles. The van der Waals surface area contributed by atoms with Crippen LogP contribution >= 0.6 is 11.6 Å². The molecule has 3 aromatic heterocycles. The van der Waals surface area contributed by atoms with E-state index >= 15 is 0 Å². The number of hydrogen-bond acceptors (Lipinski definition) is 6. The van der Waals surface area contributed by atoms with Gasteiger partial charge in [-0.15, -0.1) is 0 Å². The number of carbonyl (C=O) groups is 1. The maximum absolute atomic E-state index is 13.6. The summed E-state index contributed by atoms with van der Waals surface area (Å²) in [5.41, 5.74) is 0.279. The molecule has 1 N–H and O–H groups in total. The summed E-state index contributed by atoms with van der Waals surface area (Å²) >= 11 is 6.27. The molecule has 0 spiro atoms. The van der Waals surface area contributed by atoms with Crippen molar-refractivity contribution in [3.05, 3.63) is 61.5 Å². The van der Waals surface area contributed by atoms with Crippen molar-refractivity contribution in [3.8, 4) is 0 Å². The molecule has 166 valence electrons. The van der Waals surface area contributed by atoms with E-state index in [2.05, 4.69) is 15.0 Å². The zero-order valence-electron chi connectivity index (χ0n) is 17.7. The van der Waals surface area contributed by atoms with Crippen LogP contribution < -0.4 is 16.1 Å². The van der Waals surface area contributed by atoms with Crippen molar-refractivity contribution in [2.45, 2.75) is 32.2 Å². The molecule has 32 heavy (non-hydrogen) atoms. The number of piperazine rings is 1. The summed E-state index contributed by atoms with van der Waals surface area (Å²) in [6.07, 6.45) is 3.69. The van der Waals surface area contributed by atoms with Crippen molar-refractivity contribution in [1.29, 1.82) is 0 Å². The fourth-order valence-electron chi connectivity index (χ4n) is 4.25. The van der Waals surface area contributed by atoms with Crippen LogP contribution in [0, 0.1) is 0 Å². The molecule has 0 aromatic carbocycles. The normalized spacial score (nSPS) is 16.6. The van der Waals surface area contributed by atoms with Crippen LogP contribution in [0.1, 0.15) is 41.7 Å². The fourth-order valence-corrected chi connectivity index (χ4v) is 4.49. The number of carbonyl (C=O) groups excluding carboxylic acids is 1. The van der Waals surface area contributed by atoms with Gasteiger partial charge >= 0.3 is 5.69 Å². The first kappa shape index (κ1) is 20.7. The topological polar surface area (TPSA) is 104 Å². The summed E-state index contributed by atoms with van der Waals surface area (Å²) in [4.78, 5) is 53.7. The molecule has 1 amide bonds. The molecule has 1 aliphatic heterocycles. The van der Waals surface area contributed by atoms with Crippen molar-refractivity contribution in [2.24, 2.45) is 0 Å². The Morgan fingerprint density at radius 3 is 2.62 bits per heavy atom. The van der Waals surface area contributed by atoms with Gasteiger partial charge in [-0.2, -0.15) is 0 Å². The van der Waals surface area contributed by atoms with E-state index in [1.54, 1.807) is 29.3 Å². The highest BCUT2D eigenvalue weighted by atomic mass is 35.5. The van der Waals surface area contributed by atoms with Crippen LogP contribution in [0.4, 0.5) is 5.82 Å². The number of aromatic amines is 1. The van der Waals surface area contributed by atoms with Crippen molar-refractivity contribution in [2.75, 3.05) is 31.1 Å². The van der Waals surface area contributed by atoms with E-state index in [-0.39, 0.29) is 22.9 Å². The molecule has 0 bridgehead atoms. The second-order valence-corrected chi connectivity index (χ2v) is 8.57. The van der Waals surface area contributed by atoms with Crippen molar-refractivity contribution < 1.29 is 4.79 Å². The Bertz CT molecular complexity index is 1320. The number of hydrogen-bond donors (Lipinski definition) is 1. The molecule has 1 saturated carbocycles. The van der Waals surface area contributed by atoms with E-state index in [0.29, 0.717) is 49.1 Å². The molecule has 0 radical (unpaired) electrons. The highest BCUT2D eigenvalue weighted by Gasteiger charge is 2.31. The third kappa shape index (κ3) is 3.56. The molecule has 1 saturated heterocycles. The Morgan fingerprint density at radius 1 is 1.22 bits per heavy atom. The number of nitrogens with zero attached hydrogens (tertiary/aromatic N) is 5. The smallest absolute Gasteiger partial charge is 0.329 e. The second kappa shape index (κ2) is 8.05. The summed E-state index contributed by atoms with van der Waals surface area (Å²) in [6.45, 7) is 4.27. The third-order valence-corrected chi connectivity index (χ3v) is 6.41. The number of amides is 1. The lowest BCUT2D eigenvalue weighted by Gasteiger charge is -2.35. The Labute approximate surface area is 188 Å². The van der Waals surface area contributed by atoms with E-state index in [0.717, 1.165) is 18.5 Å². The maximum atomic E-state index is 13.6. The quantitative estimate of drug-likeness (QED) is 0.646. The van der Waals surface area contributed by atoms with Gasteiger partial charge in [0.1, 0.15) is 5.82 Å². The number of halogens is 1. The Morgan fingerprint density at radius 2 is 1.97 bits per heavy atom. The zero-order chi connectivity index (χ0) is 22.4. The van der Waals surface area contributed by atoms with E-state index in [1.165, 1.54) is 4.57 Å². The van der Waals surface area contributed by atoms with Gasteiger partial charge in [-0.3, -0.25) is 19.1 Å². The van der Waals surface area contributed by atoms with Gasteiger partial charge in [0.25, 0.3) is 11.5 Å². The van der Waals surface area contributed by atoms with Gasteiger partial charge in [0.05, 0.1) is 16.0 Å². The maximum Gasteiger partial charge on any atom is 0.329 e. The SMILES string of the molecule is CCn1c(=O)[nH]c(=O)c2c(C(=O)N3CCN(c4ncccc4Cl)CC3)cc(C3CC3)nc21. The summed E-state index contributed by atoms with van der Waals surface area (Å²) in [5.74, 6) is 0.752. The minimum Gasteiger partial charge on any atom is -0.352 e. The summed E-state index contributed by atoms with van der Waals surface area (Å²) in [7, 11) is 0. The lowest BCUT2D eigenvalue weighted by molar-refractivity contribution is 0.0748. The first-order chi connectivity index (χ1) is 15.5. The average molecular weight is 455 g/mol. The standard InChI is InChI=1S/C22H23ClN6O3/c1-2-29-19-17(20(30)26-22(29)32)14(12-16(25-19)13-5-6-13)21(31)28-10-8-27(9-11-28)18-15(23)4-3-7-24-18/h3-4,7,12-13H,2,5-6,8-11H2,1H3,(H,26,30,32). The minimum atomic E-state index is -0.577. The number of anilines is 1. The van der Waals surface area contributed by atoms with E-state index in [1.807, 2.05) is 11.8 Å². The molecule has 2 fully saturated rings. The van der Waals surface area contributed by atoms with Crippen LogP contribution in [0.3, 0.4) is 0 Å².